The van der Waals surface area contributed by atoms with Crippen LogP contribution in [0.5, 0.6) is 11.5 Å². The first-order valence-corrected chi connectivity index (χ1v) is 18.6. The largest absolute Gasteiger partial charge is 0.503 e. The number of anilines is 1. The Bertz CT molecular complexity index is 2010. The van der Waals surface area contributed by atoms with Crippen molar-refractivity contribution in [3.63, 3.8) is 0 Å². The number of phenols is 1. The first-order valence-electron chi connectivity index (χ1n) is 15.1. The minimum atomic E-state index is -2.04. The molecule has 4 aliphatic rings. The lowest BCUT2D eigenvalue weighted by molar-refractivity contribution is -0.138. The van der Waals surface area contributed by atoms with Crippen LogP contribution in [0.2, 0.25) is 0 Å². The number of hydrogen-bond acceptors (Lipinski definition) is 7. The maximum absolute atomic E-state index is 14.4. The van der Waals surface area contributed by atoms with Crippen molar-refractivity contribution in [3.8, 4) is 11.5 Å². The van der Waals surface area contributed by atoms with E-state index in [1.807, 2.05) is 12.1 Å². The van der Waals surface area contributed by atoms with E-state index in [0.29, 0.717) is 32.4 Å². The molecule has 0 unspecified atom stereocenters. The maximum Gasteiger partial charge on any atom is 0.254 e. The van der Waals surface area contributed by atoms with Crippen LogP contribution in [-0.2, 0) is 19.2 Å². The van der Waals surface area contributed by atoms with Crippen molar-refractivity contribution >= 4 is 106 Å². The molecule has 2 aliphatic carbocycles. The summed E-state index contributed by atoms with van der Waals surface area (Å²) in [4.78, 5) is 67.5. The molecule has 1 N–H and O–H groups in total. The topological polar surface area (TPSA) is 121 Å². The Labute approximate surface area is 315 Å². The standard InChI is InChI=1S/C35H25Br3Cl2N2O7/c1-49-23-13-21(26(37)27(38)29(23)44)25-19-11-12-20-24(22(19)14-34(39)32(47)41(15-36)33(48)35(25,34)40)31(46)42(30(20)45)18-9-7-17(8-10-18)28(43)16-5-3-2-4-6-16/h2-11,13,20,22,24-25,44H,12,14-15H2,1H3/t20-,22+,24-,25+,34+,35-/m0/s1. The third kappa shape index (κ3) is 4.77. The molecule has 9 nitrogen and oxygen atoms in total. The van der Waals surface area contributed by atoms with Gasteiger partial charge in [-0.15, -0.1) is 23.2 Å². The number of rotatable bonds is 6. The molecule has 252 valence electrons. The van der Waals surface area contributed by atoms with Crippen molar-refractivity contribution in [3.05, 3.63) is 97.9 Å². The Morgan fingerprint density at radius 1 is 0.939 bits per heavy atom. The highest BCUT2D eigenvalue weighted by atomic mass is 79.9. The number of carbonyl (C=O) groups is 5. The highest BCUT2D eigenvalue weighted by Gasteiger charge is 2.76. The number of alkyl halides is 3. The van der Waals surface area contributed by atoms with Gasteiger partial charge in [0.25, 0.3) is 11.8 Å². The number of halogens is 5. The number of ether oxygens (including phenoxy) is 1. The molecule has 6 atom stereocenters. The van der Waals surface area contributed by atoms with Gasteiger partial charge >= 0.3 is 0 Å². The number of nitrogens with zero attached hydrogens (tertiary/aromatic N) is 2. The van der Waals surface area contributed by atoms with Crippen LogP contribution >= 0.6 is 71.0 Å². The van der Waals surface area contributed by atoms with Gasteiger partial charge in [0.05, 0.1) is 34.6 Å². The second-order valence-corrected chi connectivity index (χ2v) is 15.7. The Hall–Kier alpha value is -3.03. The zero-order chi connectivity index (χ0) is 35.2. The number of carbonyl (C=O) groups excluding carboxylic acids is 5. The second-order valence-electron chi connectivity index (χ2n) is 12.4. The molecule has 3 aromatic rings. The van der Waals surface area contributed by atoms with Crippen LogP contribution in [0.4, 0.5) is 5.69 Å². The third-order valence-corrected chi connectivity index (χ3v) is 14.2. The van der Waals surface area contributed by atoms with E-state index in [2.05, 4.69) is 47.8 Å². The first kappa shape index (κ1) is 34.4. The van der Waals surface area contributed by atoms with Crippen molar-refractivity contribution in [1.82, 2.24) is 4.90 Å². The van der Waals surface area contributed by atoms with Crippen LogP contribution in [0.25, 0.3) is 0 Å². The number of hydrogen-bond donors (Lipinski definition) is 1. The van der Waals surface area contributed by atoms with Gasteiger partial charge in [-0.2, -0.15) is 0 Å². The number of imide groups is 2. The molecule has 49 heavy (non-hydrogen) atoms. The van der Waals surface area contributed by atoms with E-state index in [0.717, 1.165) is 9.80 Å². The molecule has 4 amide bonds. The third-order valence-electron chi connectivity index (χ3n) is 10.1. The summed E-state index contributed by atoms with van der Waals surface area (Å²) in [6.07, 6.45) is 1.81. The van der Waals surface area contributed by atoms with Crippen molar-refractivity contribution in [2.24, 2.45) is 17.8 Å². The van der Waals surface area contributed by atoms with E-state index < -0.39 is 57.0 Å². The highest BCUT2D eigenvalue weighted by Crippen LogP contribution is 2.67. The fraction of sp³-hybridized carbons (Fsp3) is 0.286. The van der Waals surface area contributed by atoms with E-state index in [-0.39, 0.29) is 40.1 Å². The molecule has 0 radical (unpaired) electrons. The second kappa shape index (κ2) is 12.3. The van der Waals surface area contributed by atoms with Crippen LogP contribution in [0, 0.1) is 17.8 Å². The summed E-state index contributed by atoms with van der Waals surface area (Å²) in [5.41, 5.74) is 2.03. The smallest absolute Gasteiger partial charge is 0.254 e. The molecule has 3 aromatic carbocycles. The van der Waals surface area contributed by atoms with E-state index in [4.69, 9.17) is 27.9 Å². The predicted octanol–water partition coefficient (Wildman–Crippen LogP) is 7.07. The molecule has 0 bridgehead atoms. The average molecular weight is 896 g/mol. The molecular weight excluding hydrogens is 871 g/mol. The minimum Gasteiger partial charge on any atom is -0.503 e. The predicted molar refractivity (Wildman–Crippen MR) is 192 cm³/mol. The van der Waals surface area contributed by atoms with Crippen LogP contribution < -0.4 is 9.64 Å². The Balaban J connectivity index is 1.32. The summed E-state index contributed by atoms with van der Waals surface area (Å²) in [5, 5.41) is 10.7. The van der Waals surface area contributed by atoms with Gasteiger partial charge in [-0.25, -0.2) is 0 Å². The Morgan fingerprint density at radius 2 is 1.59 bits per heavy atom. The molecule has 1 saturated carbocycles. The molecule has 2 saturated heterocycles. The van der Waals surface area contributed by atoms with Gasteiger partial charge in [0.15, 0.2) is 27.0 Å². The lowest BCUT2D eigenvalue weighted by Crippen LogP contribution is -2.60. The average Bonchev–Trinajstić information content (AvgIpc) is 3.45. The van der Waals surface area contributed by atoms with Gasteiger partial charge < -0.3 is 9.84 Å². The molecule has 0 aromatic heterocycles. The molecular formula is C35H25Br3Cl2N2O7. The monoisotopic (exact) mass is 892 g/mol. The summed E-state index contributed by atoms with van der Waals surface area (Å²) >= 11 is 24.8. The number of ketones is 1. The highest BCUT2D eigenvalue weighted by molar-refractivity contribution is 9.13. The van der Waals surface area contributed by atoms with E-state index in [9.17, 15) is 29.1 Å². The Morgan fingerprint density at radius 3 is 2.22 bits per heavy atom. The summed E-state index contributed by atoms with van der Waals surface area (Å²) in [7, 11) is 1.37. The number of methoxy groups -OCH3 is 1. The maximum atomic E-state index is 14.4. The van der Waals surface area contributed by atoms with Crippen LogP contribution in [0.3, 0.4) is 0 Å². The lowest BCUT2D eigenvalue weighted by Gasteiger charge is -2.51. The summed E-state index contributed by atoms with van der Waals surface area (Å²) < 4.78 is 5.99. The zero-order valence-electron chi connectivity index (χ0n) is 25.5. The van der Waals surface area contributed by atoms with Gasteiger partial charge in [0, 0.05) is 21.5 Å². The van der Waals surface area contributed by atoms with E-state index in [1.165, 1.54) is 13.2 Å². The molecule has 0 spiro atoms. The molecule has 7 rings (SSSR count). The first-order chi connectivity index (χ1) is 23.3. The van der Waals surface area contributed by atoms with Gasteiger partial charge in [0.1, 0.15) is 0 Å². The summed E-state index contributed by atoms with van der Waals surface area (Å²) in [6.45, 7) is 0. The van der Waals surface area contributed by atoms with Gasteiger partial charge in [-0.05, 0) is 86.5 Å². The zero-order valence-corrected chi connectivity index (χ0v) is 31.7. The number of allylic oxidation sites excluding steroid dienone is 2. The van der Waals surface area contributed by atoms with Gasteiger partial charge in [0.2, 0.25) is 11.8 Å². The molecule has 2 aliphatic heterocycles. The quantitative estimate of drug-likeness (QED) is 0.0925. The van der Waals surface area contributed by atoms with E-state index >= 15 is 0 Å². The molecule has 3 fully saturated rings. The normalized spacial score (nSPS) is 29.1. The van der Waals surface area contributed by atoms with Crippen molar-refractivity contribution in [2.75, 3.05) is 17.5 Å². The van der Waals surface area contributed by atoms with Crippen molar-refractivity contribution < 1.29 is 33.8 Å². The lowest BCUT2D eigenvalue weighted by atomic mass is 9.56. The van der Waals surface area contributed by atoms with Gasteiger partial charge in [-0.3, -0.25) is 33.8 Å². The number of likely N-dealkylation sites (tertiary alicyclic amines) is 1. The summed E-state index contributed by atoms with van der Waals surface area (Å²) in [5.74, 6) is -6.17. The number of fused-ring (bicyclic) bond motifs is 4. The summed E-state index contributed by atoms with van der Waals surface area (Å²) in [6, 6.07) is 16.6. The minimum absolute atomic E-state index is 0.0727. The van der Waals surface area contributed by atoms with Crippen molar-refractivity contribution in [1.29, 1.82) is 0 Å². The SMILES string of the molecule is COc1cc([C@H]2C3=CC[C@@H]4C(=O)N(c5ccc(C(=O)c6ccccc6)cc5)C(=O)[C@@H]4[C@@H]3C[C@@]3(Cl)C(=O)N(CBr)C(=O)[C@@]23Cl)c(Br)c(Br)c1O. The number of aromatic hydroxyl groups is 1. The fourth-order valence-corrected chi connectivity index (χ4v) is 10.2. The molecule has 2 heterocycles. The molecule has 14 heteroatoms. The van der Waals surface area contributed by atoms with Gasteiger partial charge in [-0.1, -0.05) is 57.9 Å². The van der Waals surface area contributed by atoms with E-state index in [1.54, 1.807) is 48.5 Å². The Kier molecular flexibility index (Phi) is 8.66. The van der Waals surface area contributed by atoms with Crippen LogP contribution in [-0.4, -0.2) is 61.7 Å². The number of phenolic OH excluding ortho intramolecular Hbond substituents is 1. The van der Waals surface area contributed by atoms with Crippen LogP contribution in [0.15, 0.2) is 81.3 Å². The van der Waals surface area contributed by atoms with Crippen molar-refractivity contribution in [2.45, 2.75) is 28.5 Å². The fourth-order valence-electron chi connectivity index (χ4n) is 7.85. The number of benzene rings is 3. The van der Waals surface area contributed by atoms with Crippen LogP contribution in [0.1, 0.15) is 40.2 Å². The number of amides is 4.